The van der Waals surface area contributed by atoms with Gasteiger partial charge in [-0.3, -0.25) is 14.9 Å². The van der Waals surface area contributed by atoms with Crippen molar-refractivity contribution in [2.75, 3.05) is 5.32 Å². The van der Waals surface area contributed by atoms with Crippen LogP contribution in [0.4, 0.5) is 11.4 Å². The zero-order valence-corrected chi connectivity index (χ0v) is 16.1. The van der Waals surface area contributed by atoms with E-state index in [1.165, 1.54) is 36.4 Å². The first kappa shape index (κ1) is 20.0. The van der Waals surface area contributed by atoms with Crippen LogP contribution < -0.4 is 10.0 Å². The number of carbonyl (C=O) groups excluding carboxylic acids is 1. The second-order valence-corrected chi connectivity index (χ2v) is 7.96. The Balaban J connectivity index is 2.14. The topological polar surface area (TPSA) is 118 Å². The molecule has 0 aliphatic rings. The van der Waals surface area contributed by atoms with Crippen molar-refractivity contribution in [3.05, 3.63) is 63.1 Å². The molecular weight excluding hydrogens is 426 g/mol. The molecule has 1 atom stereocenters. The lowest BCUT2D eigenvalue weighted by atomic mass is 10.2. The Labute approximate surface area is 158 Å². The Morgan fingerprint density at radius 3 is 2.46 bits per heavy atom. The molecule has 1 unspecified atom stereocenters. The SMILES string of the molecule is CCC(NS(=O)(=O)c1ccc(Br)cc1)C(=O)Nc1cccc([N+](=O)[O-])c1. The van der Waals surface area contributed by atoms with Crippen LogP contribution in [0.3, 0.4) is 0 Å². The molecule has 0 spiro atoms. The van der Waals surface area contributed by atoms with Gasteiger partial charge in [-0.15, -0.1) is 0 Å². The Kier molecular flexibility index (Phi) is 6.46. The predicted molar refractivity (Wildman–Crippen MR) is 100 cm³/mol. The molecule has 0 aliphatic carbocycles. The molecule has 0 heterocycles. The normalized spacial score (nSPS) is 12.4. The molecule has 26 heavy (non-hydrogen) atoms. The lowest BCUT2D eigenvalue weighted by Crippen LogP contribution is -2.43. The first-order valence-electron chi connectivity index (χ1n) is 7.56. The zero-order valence-electron chi connectivity index (χ0n) is 13.7. The highest BCUT2D eigenvalue weighted by Crippen LogP contribution is 2.18. The first-order valence-corrected chi connectivity index (χ1v) is 9.84. The molecule has 2 rings (SSSR count). The van der Waals surface area contributed by atoms with E-state index in [9.17, 15) is 23.3 Å². The number of carbonyl (C=O) groups is 1. The Morgan fingerprint density at radius 1 is 1.23 bits per heavy atom. The molecule has 2 aromatic carbocycles. The fourth-order valence-electron chi connectivity index (χ4n) is 2.12. The van der Waals surface area contributed by atoms with E-state index >= 15 is 0 Å². The van der Waals surface area contributed by atoms with Crippen molar-refractivity contribution in [1.82, 2.24) is 4.72 Å². The number of nitro groups is 1. The molecule has 1 amide bonds. The van der Waals surface area contributed by atoms with E-state index in [0.29, 0.717) is 0 Å². The highest BCUT2D eigenvalue weighted by molar-refractivity contribution is 9.10. The van der Waals surface area contributed by atoms with Crippen LogP contribution in [0.1, 0.15) is 13.3 Å². The van der Waals surface area contributed by atoms with Crippen molar-refractivity contribution in [3.63, 3.8) is 0 Å². The molecular formula is C16H16BrN3O5S. The molecule has 0 saturated heterocycles. The molecule has 0 aromatic heterocycles. The van der Waals surface area contributed by atoms with E-state index in [0.717, 1.165) is 4.47 Å². The van der Waals surface area contributed by atoms with Crippen LogP contribution in [0.25, 0.3) is 0 Å². The third kappa shape index (κ3) is 5.10. The average molecular weight is 442 g/mol. The van der Waals surface area contributed by atoms with Gasteiger partial charge in [-0.25, -0.2) is 8.42 Å². The molecule has 10 heteroatoms. The molecule has 0 fully saturated rings. The van der Waals surface area contributed by atoms with Crippen LogP contribution in [0.15, 0.2) is 57.9 Å². The summed E-state index contributed by atoms with van der Waals surface area (Å²) in [4.78, 5) is 22.6. The monoisotopic (exact) mass is 441 g/mol. The van der Waals surface area contributed by atoms with Gasteiger partial charge in [0.15, 0.2) is 0 Å². The summed E-state index contributed by atoms with van der Waals surface area (Å²) in [6.07, 6.45) is 0.205. The number of hydrogen-bond donors (Lipinski definition) is 2. The van der Waals surface area contributed by atoms with Crippen molar-refractivity contribution in [2.45, 2.75) is 24.3 Å². The standard InChI is InChI=1S/C16H16BrN3O5S/c1-2-15(19-26(24,25)14-8-6-11(17)7-9-14)16(21)18-12-4-3-5-13(10-12)20(22)23/h3-10,15,19H,2H2,1H3,(H,18,21). The van der Waals surface area contributed by atoms with Crippen LogP contribution in [0, 0.1) is 10.1 Å². The Morgan fingerprint density at radius 2 is 1.88 bits per heavy atom. The fraction of sp³-hybridized carbons (Fsp3) is 0.188. The van der Waals surface area contributed by atoms with Crippen LogP contribution in [0.2, 0.25) is 0 Å². The van der Waals surface area contributed by atoms with E-state index in [2.05, 4.69) is 26.0 Å². The van der Waals surface area contributed by atoms with Gasteiger partial charge >= 0.3 is 0 Å². The van der Waals surface area contributed by atoms with Crippen LogP contribution >= 0.6 is 15.9 Å². The van der Waals surface area contributed by atoms with E-state index in [4.69, 9.17) is 0 Å². The van der Waals surface area contributed by atoms with Crippen LogP contribution in [-0.4, -0.2) is 25.3 Å². The number of amides is 1. The summed E-state index contributed by atoms with van der Waals surface area (Å²) in [6, 6.07) is 10.4. The molecule has 0 bridgehead atoms. The van der Waals surface area contributed by atoms with Crippen molar-refractivity contribution in [2.24, 2.45) is 0 Å². The number of rotatable bonds is 7. The number of hydrogen-bond acceptors (Lipinski definition) is 5. The van der Waals surface area contributed by atoms with Gasteiger partial charge < -0.3 is 5.32 Å². The van der Waals surface area contributed by atoms with Crippen molar-refractivity contribution >= 4 is 43.2 Å². The average Bonchev–Trinajstić information content (AvgIpc) is 2.60. The molecule has 0 saturated carbocycles. The quantitative estimate of drug-likeness (QED) is 0.505. The van der Waals surface area contributed by atoms with E-state index in [-0.39, 0.29) is 22.7 Å². The van der Waals surface area contributed by atoms with E-state index in [1.807, 2.05) is 0 Å². The summed E-state index contributed by atoms with van der Waals surface area (Å²) >= 11 is 3.23. The van der Waals surface area contributed by atoms with Crippen LogP contribution in [-0.2, 0) is 14.8 Å². The van der Waals surface area contributed by atoms with Crippen LogP contribution in [0.5, 0.6) is 0 Å². The summed E-state index contributed by atoms with van der Waals surface area (Å²) < 4.78 is 27.9. The number of halogens is 1. The van der Waals surface area contributed by atoms with Crippen molar-refractivity contribution in [3.8, 4) is 0 Å². The maximum absolute atomic E-state index is 12.4. The summed E-state index contributed by atoms with van der Waals surface area (Å²) in [6.45, 7) is 1.65. The number of nitro benzene ring substituents is 1. The second-order valence-electron chi connectivity index (χ2n) is 5.33. The third-order valence-electron chi connectivity index (χ3n) is 3.47. The summed E-state index contributed by atoms with van der Waals surface area (Å²) in [5.41, 5.74) is 0.0387. The summed E-state index contributed by atoms with van der Waals surface area (Å²) in [5.74, 6) is -0.603. The minimum absolute atomic E-state index is 0.0299. The van der Waals surface area contributed by atoms with Crippen molar-refractivity contribution in [1.29, 1.82) is 0 Å². The minimum atomic E-state index is -3.89. The van der Waals surface area contributed by atoms with Gasteiger partial charge in [0, 0.05) is 22.3 Å². The Bertz CT molecular complexity index is 916. The lowest BCUT2D eigenvalue weighted by Gasteiger charge is -2.17. The lowest BCUT2D eigenvalue weighted by molar-refractivity contribution is -0.384. The summed E-state index contributed by atoms with van der Waals surface area (Å²) in [5, 5.41) is 13.3. The maximum Gasteiger partial charge on any atom is 0.271 e. The smallest absolute Gasteiger partial charge is 0.271 e. The van der Waals surface area contributed by atoms with Crippen molar-refractivity contribution < 1.29 is 18.1 Å². The molecule has 2 aromatic rings. The van der Waals surface area contributed by atoms with Gasteiger partial charge in [-0.2, -0.15) is 4.72 Å². The first-order chi connectivity index (χ1) is 12.2. The maximum atomic E-state index is 12.4. The number of benzene rings is 2. The minimum Gasteiger partial charge on any atom is -0.324 e. The third-order valence-corrected chi connectivity index (χ3v) is 5.49. The van der Waals surface area contributed by atoms with E-state index in [1.54, 1.807) is 19.1 Å². The van der Waals surface area contributed by atoms with Gasteiger partial charge in [-0.05, 0) is 36.8 Å². The van der Waals surface area contributed by atoms with Gasteiger partial charge in [0.1, 0.15) is 6.04 Å². The predicted octanol–water partition coefficient (Wildman–Crippen LogP) is 3.05. The second kappa shape index (κ2) is 8.39. The number of non-ortho nitro benzene ring substituents is 1. The number of nitrogens with zero attached hydrogens (tertiary/aromatic N) is 1. The fourth-order valence-corrected chi connectivity index (χ4v) is 3.66. The number of nitrogens with one attached hydrogen (secondary N) is 2. The molecule has 8 nitrogen and oxygen atoms in total. The summed E-state index contributed by atoms with van der Waals surface area (Å²) in [7, 11) is -3.89. The highest BCUT2D eigenvalue weighted by Gasteiger charge is 2.24. The Hall–Kier alpha value is -2.30. The molecule has 0 aliphatic heterocycles. The van der Waals surface area contributed by atoms with Gasteiger partial charge in [0.25, 0.3) is 5.69 Å². The van der Waals surface area contributed by atoms with Gasteiger partial charge in [-0.1, -0.05) is 28.9 Å². The molecule has 2 N–H and O–H groups in total. The number of sulfonamides is 1. The molecule has 138 valence electrons. The van der Waals surface area contributed by atoms with E-state index < -0.39 is 26.9 Å². The zero-order chi connectivity index (χ0) is 19.3. The van der Waals surface area contributed by atoms with Gasteiger partial charge in [0.2, 0.25) is 15.9 Å². The largest absolute Gasteiger partial charge is 0.324 e. The number of anilines is 1. The van der Waals surface area contributed by atoms with Gasteiger partial charge in [0.05, 0.1) is 9.82 Å². The highest BCUT2D eigenvalue weighted by atomic mass is 79.9. The molecule has 0 radical (unpaired) electrons.